The molecular weight excluding hydrogens is 494 g/mol. The minimum Gasteiger partial charge on any atom is -0.486 e. The third-order valence-corrected chi connectivity index (χ3v) is 6.49. The molecule has 5 rings (SSSR count). The molecule has 39 heavy (non-hydrogen) atoms. The number of nitrogens with one attached hydrogen (secondary N) is 1. The number of ether oxygens (including phenoxy) is 2. The van der Waals surface area contributed by atoms with Crippen LogP contribution in [0, 0.1) is 0 Å². The second-order valence-electron chi connectivity index (χ2n) is 10.6. The Morgan fingerprint density at radius 3 is 2.44 bits per heavy atom. The summed E-state index contributed by atoms with van der Waals surface area (Å²) in [5.41, 5.74) is 3.26. The van der Waals surface area contributed by atoms with E-state index in [4.69, 9.17) is 9.47 Å². The van der Waals surface area contributed by atoms with Gasteiger partial charge in [-0.1, -0.05) is 48.5 Å². The van der Waals surface area contributed by atoms with E-state index in [1.165, 1.54) is 4.90 Å². The quantitative estimate of drug-likeness (QED) is 0.381. The highest BCUT2D eigenvalue weighted by molar-refractivity contribution is 6.02. The normalized spacial score (nSPS) is 13.6. The van der Waals surface area contributed by atoms with Crippen molar-refractivity contribution in [3.63, 3.8) is 0 Å². The molecule has 1 aromatic heterocycles. The molecule has 0 spiro atoms. The Bertz CT molecular complexity index is 1490. The zero-order valence-corrected chi connectivity index (χ0v) is 22.7. The lowest BCUT2D eigenvalue weighted by molar-refractivity contribution is -0.128. The summed E-state index contributed by atoms with van der Waals surface area (Å²) in [6, 6.07) is 19.6. The van der Waals surface area contributed by atoms with Gasteiger partial charge in [0.15, 0.2) is 11.5 Å². The molecule has 3 aromatic carbocycles. The van der Waals surface area contributed by atoms with E-state index >= 15 is 0 Å². The summed E-state index contributed by atoms with van der Waals surface area (Å²) in [4.78, 5) is 29.7. The first-order valence-corrected chi connectivity index (χ1v) is 13.1. The Morgan fingerprint density at radius 1 is 1.00 bits per heavy atom. The molecule has 9 heteroatoms. The molecule has 0 fully saturated rings. The van der Waals surface area contributed by atoms with Gasteiger partial charge < -0.3 is 14.8 Å². The van der Waals surface area contributed by atoms with E-state index in [9.17, 15) is 9.59 Å². The fourth-order valence-electron chi connectivity index (χ4n) is 4.65. The molecule has 0 unspecified atom stereocenters. The smallest absolute Gasteiger partial charge is 0.249 e. The van der Waals surface area contributed by atoms with Crippen LogP contribution in [0.25, 0.3) is 11.0 Å². The van der Waals surface area contributed by atoms with E-state index in [-0.39, 0.29) is 18.4 Å². The fraction of sp³-hybridized carbons (Fsp3) is 0.333. The predicted octanol–water partition coefficient (Wildman–Crippen LogP) is 4.45. The lowest BCUT2D eigenvalue weighted by atomic mass is 9.99. The number of hydrogen-bond acceptors (Lipinski definition) is 6. The van der Waals surface area contributed by atoms with E-state index in [0.29, 0.717) is 41.5 Å². The van der Waals surface area contributed by atoms with Crippen LogP contribution in [-0.2, 0) is 22.6 Å². The number of aryl methyl sites for hydroxylation is 1. The number of benzene rings is 3. The van der Waals surface area contributed by atoms with Gasteiger partial charge in [0.1, 0.15) is 31.3 Å². The van der Waals surface area contributed by atoms with Gasteiger partial charge in [-0.05, 0) is 62.6 Å². The number of carbonyl (C=O) groups is 2. The number of aromatic nitrogens is 3. The molecule has 1 N–H and O–H groups in total. The number of hydrogen-bond donors (Lipinski definition) is 1. The van der Waals surface area contributed by atoms with Crippen molar-refractivity contribution >= 4 is 28.5 Å². The largest absolute Gasteiger partial charge is 0.486 e. The van der Waals surface area contributed by atoms with Crippen LogP contribution in [0.2, 0.25) is 0 Å². The third kappa shape index (κ3) is 5.72. The summed E-state index contributed by atoms with van der Waals surface area (Å²) in [6.45, 7) is 8.57. The Labute approximate surface area is 227 Å². The fourth-order valence-corrected chi connectivity index (χ4v) is 4.65. The summed E-state index contributed by atoms with van der Waals surface area (Å²) >= 11 is 0. The molecule has 1 aliphatic rings. The molecule has 0 radical (unpaired) electrons. The molecule has 0 saturated heterocycles. The molecule has 4 aromatic rings. The Morgan fingerprint density at radius 2 is 1.72 bits per heavy atom. The van der Waals surface area contributed by atoms with Crippen molar-refractivity contribution in [2.75, 3.05) is 18.1 Å². The third-order valence-electron chi connectivity index (χ3n) is 6.49. The summed E-state index contributed by atoms with van der Waals surface area (Å²) in [5, 5.41) is 11.5. The second-order valence-corrected chi connectivity index (χ2v) is 10.6. The first kappa shape index (κ1) is 26.2. The average Bonchev–Trinajstić information content (AvgIpc) is 3.33. The zero-order chi connectivity index (χ0) is 27.6. The van der Waals surface area contributed by atoms with Crippen molar-refractivity contribution in [1.29, 1.82) is 0 Å². The van der Waals surface area contributed by atoms with Crippen LogP contribution in [0.15, 0.2) is 66.7 Å². The lowest BCUT2D eigenvalue weighted by Crippen LogP contribution is -2.50. The molecule has 0 bridgehead atoms. The summed E-state index contributed by atoms with van der Waals surface area (Å²) in [5.74, 6) is 0.510. The molecule has 2 amide bonds. The number of fused-ring (bicyclic) bond motifs is 2. The van der Waals surface area contributed by atoms with Gasteiger partial charge in [0.05, 0.1) is 5.52 Å². The Balaban J connectivity index is 1.62. The van der Waals surface area contributed by atoms with Gasteiger partial charge in [0.25, 0.3) is 0 Å². The maximum absolute atomic E-state index is 14.2. The van der Waals surface area contributed by atoms with E-state index in [1.807, 2.05) is 69.3 Å². The average molecular weight is 528 g/mol. The first-order valence-electron chi connectivity index (χ1n) is 13.1. The number of nitrogens with zero attached hydrogens (tertiary/aromatic N) is 4. The minimum atomic E-state index is -0.944. The molecule has 9 nitrogen and oxygen atoms in total. The van der Waals surface area contributed by atoms with Crippen LogP contribution < -0.4 is 19.7 Å². The molecule has 0 aliphatic carbocycles. The van der Waals surface area contributed by atoms with E-state index < -0.39 is 11.6 Å². The van der Waals surface area contributed by atoms with Crippen LogP contribution in [0.5, 0.6) is 11.5 Å². The molecule has 1 atom stereocenters. The number of carbonyl (C=O) groups excluding carboxylic acids is 2. The molecule has 202 valence electrons. The van der Waals surface area contributed by atoms with E-state index in [1.54, 1.807) is 22.9 Å². The molecule has 2 heterocycles. The van der Waals surface area contributed by atoms with Crippen LogP contribution in [0.4, 0.5) is 5.69 Å². The van der Waals surface area contributed by atoms with Gasteiger partial charge >= 0.3 is 0 Å². The summed E-state index contributed by atoms with van der Waals surface area (Å²) in [7, 11) is 0. The minimum absolute atomic E-state index is 0.110. The topological polar surface area (TPSA) is 98.6 Å². The van der Waals surface area contributed by atoms with Gasteiger partial charge in [0, 0.05) is 17.3 Å². The maximum Gasteiger partial charge on any atom is 0.249 e. The number of para-hydroxylation sites is 1. The van der Waals surface area contributed by atoms with Crippen LogP contribution >= 0.6 is 0 Å². The zero-order valence-electron chi connectivity index (χ0n) is 22.7. The standard InChI is InChI=1S/C30H33N5O4/c1-5-20-10-12-21(13-11-20)28(29(37)31-30(2,3)4)35(22-14-15-25-26(18-22)39-17-16-38-25)27(36)19-34-24-9-7-6-8-23(24)32-33-34/h6-15,18,28H,5,16-17,19H2,1-4H3,(H,31,37)/t28-/m1/s1. The highest BCUT2D eigenvalue weighted by atomic mass is 16.6. The highest BCUT2D eigenvalue weighted by Crippen LogP contribution is 2.37. The first-order chi connectivity index (χ1) is 18.7. The SMILES string of the molecule is CCc1ccc([C@H](C(=O)NC(C)(C)C)N(C(=O)Cn2nnc3ccccc32)c2ccc3c(c2)OCCO3)cc1. The van der Waals surface area contributed by atoms with Gasteiger partial charge in [-0.25, -0.2) is 4.68 Å². The predicted molar refractivity (Wildman–Crippen MR) is 149 cm³/mol. The van der Waals surface area contributed by atoms with Crippen molar-refractivity contribution in [3.05, 3.63) is 77.9 Å². The Hall–Kier alpha value is -4.40. The van der Waals surface area contributed by atoms with E-state index in [0.717, 1.165) is 17.5 Å². The van der Waals surface area contributed by atoms with Crippen LogP contribution in [0.1, 0.15) is 44.9 Å². The molecule has 0 saturated carbocycles. The van der Waals surface area contributed by atoms with Crippen molar-refractivity contribution in [1.82, 2.24) is 20.3 Å². The monoisotopic (exact) mass is 527 g/mol. The maximum atomic E-state index is 14.2. The van der Waals surface area contributed by atoms with E-state index in [2.05, 4.69) is 22.6 Å². The number of amides is 2. The number of anilines is 1. The second kappa shape index (κ2) is 10.8. The van der Waals surface area contributed by atoms with Crippen molar-refractivity contribution in [2.45, 2.75) is 52.2 Å². The summed E-state index contributed by atoms with van der Waals surface area (Å²) < 4.78 is 13.1. The number of rotatable bonds is 7. The van der Waals surface area contributed by atoms with Crippen LogP contribution in [-0.4, -0.2) is 45.6 Å². The van der Waals surface area contributed by atoms with Crippen molar-refractivity contribution in [3.8, 4) is 11.5 Å². The van der Waals surface area contributed by atoms with Gasteiger partial charge in [-0.3, -0.25) is 14.5 Å². The van der Waals surface area contributed by atoms with Gasteiger partial charge in [-0.15, -0.1) is 5.10 Å². The van der Waals surface area contributed by atoms with Gasteiger partial charge in [-0.2, -0.15) is 0 Å². The van der Waals surface area contributed by atoms with Crippen molar-refractivity contribution in [2.24, 2.45) is 0 Å². The molecular formula is C30H33N5O4. The Kier molecular flexibility index (Phi) is 7.24. The molecule has 1 aliphatic heterocycles. The summed E-state index contributed by atoms with van der Waals surface area (Å²) in [6.07, 6.45) is 0.864. The highest BCUT2D eigenvalue weighted by Gasteiger charge is 2.35. The lowest BCUT2D eigenvalue weighted by Gasteiger charge is -2.34. The van der Waals surface area contributed by atoms with Gasteiger partial charge in [0.2, 0.25) is 11.8 Å². The van der Waals surface area contributed by atoms with Crippen LogP contribution in [0.3, 0.4) is 0 Å². The van der Waals surface area contributed by atoms with Crippen molar-refractivity contribution < 1.29 is 19.1 Å².